The van der Waals surface area contributed by atoms with Gasteiger partial charge in [-0.25, -0.2) is 0 Å². The highest BCUT2D eigenvalue weighted by molar-refractivity contribution is 6.18. The SMILES string of the molecule is COc1cccc(N2CCC(CCl)C2)n1. The van der Waals surface area contributed by atoms with Crippen molar-refractivity contribution in [2.24, 2.45) is 5.92 Å². The largest absolute Gasteiger partial charge is 0.481 e. The third kappa shape index (κ3) is 2.34. The summed E-state index contributed by atoms with van der Waals surface area (Å²) in [5.41, 5.74) is 0. The van der Waals surface area contributed by atoms with Crippen molar-refractivity contribution in [3.63, 3.8) is 0 Å². The Morgan fingerprint density at radius 1 is 1.60 bits per heavy atom. The Balaban J connectivity index is 2.09. The first kappa shape index (κ1) is 10.6. The predicted molar refractivity (Wildman–Crippen MR) is 61.8 cm³/mol. The van der Waals surface area contributed by atoms with E-state index in [4.69, 9.17) is 16.3 Å². The number of anilines is 1. The molecule has 0 aliphatic carbocycles. The topological polar surface area (TPSA) is 25.4 Å². The summed E-state index contributed by atoms with van der Waals surface area (Å²) in [4.78, 5) is 6.66. The van der Waals surface area contributed by atoms with E-state index < -0.39 is 0 Å². The number of ether oxygens (including phenoxy) is 1. The predicted octanol–water partition coefficient (Wildman–Crippen LogP) is 2.16. The first-order valence-corrected chi connectivity index (χ1v) is 5.69. The number of aromatic nitrogens is 1. The Bertz CT molecular complexity index is 332. The molecule has 2 rings (SSSR count). The first-order chi connectivity index (χ1) is 7.33. The smallest absolute Gasteiger partial charge is 0.214 e. The van der Waals surface area contributed by atoms with Gasteiger partial charge in [0.2, 0.25) is 5.88 Å². The van der Waals surface area contributed by atoms with Crippen LogP contribution in [0, 0.1) is 5.92 Å². The lowest BCUT2D eigenvalue weighted by molar-refractivity contribution is 0.398. The van der Waals surface area contributed by atoms with Crippen LogP contribution in [0.2, 0.25) is 0 Å². The third-order valence-corrected chi connectivity index (χ3v) is 3.18. The van der Waals surface area contributed by atoms with Crippen molar-refractivity contribution in [3.05, 3.63) is 18.2 Å². The van der Waals surface area contributed by atoms with Gasteiger partial charge in [-0.15, -0.1) is 11.6 Å². The number of halogens is 1. The molecule has 0 N–H and O–H groups in total. The molecule has 0 bridgehead atoms. The number of alkyl halides is 1. The minimum absolute atomic E-state index is 0.597. The number of nitrogens with zero attached hydrogens (tertiary/aromatic N) is 2. The molecule has 1 saturated heterocycles. The fourth-order valence-corrected chi connectivity index (χ4v) is 2.11. The van der Waals surface area contributed by atoms with Gasteiger partial charge in [0.1, 0.15) is 5.82 Å². The van der Waals surface area contributed by atoms with Crippen LogP contribution in [0.3, 0.4) is 0 Å². The molecule has 15 heavy (non-hydrogen) atoms. The lowest BCUT2D eigenvalue weighted by Crippen LogP contribution is -2.21. The van der Waals surface area contributed by atoms with Crippen molar-refractivity contribution >= 4 is 17.4 Å². The summed E-state index contributed by atoms with van der Waals surface area (Å²) in [6, 6.07) is 5.84. The number of methoxy groups -OCH3 is 1. The van der Waals surface area contributed by atoms with E-state index in [1.54, 1.807) is 7.11 Å². The molecule has 0 radical (unpaired) electrons. The molecule has 1 fully saturated rings. The second-order valence-electron chi connectivity index (χ2n) is 3.79. The quantitative estimate of drug-likeness (QED) is 0.739. The fraction of sp³-hybridized carbons (Fsp3) is 0.545. The Morgan fingerprint density at radius 2 is 2.47 bits per heavy atom. The van der Waals surface area contributed by atoms with Gasteiger partial charge in [-0.2, -0.15) is 4.98 Å². The van der Waals surface area contributed by atoms with Crippen LogP contribution in [0.1, 0.15) is 6.42 Å². The third-order valence-electron chi connectivity index (χ3n) is 2.75. The van der Waals surface area contributed by atoms with Gasteiger partial charge in [-0.05, 0) is 18.4 Å². The average molecular weight is 227 g/mol. The summed E-state index contributed by atoms with van der Waals surface area (Å²) in [6.07, 6.45) is 1.16. The van der Waals surface area contributed by atoms with E-state index in [0.717, 1.165) is 31.2 Å². The van der Waals surface area contributed by atoms with Crippen LogP contribution in [0.5, 0.6) is 5.88 Å². The maximum atomic E-state index is 5.85. The molecule has 0 amide bonds. The molecule has 0 saturated carbocycles. The Labute approximate surface area is 95.0 Å². The molecule has 82 valence electrons. The molecule has 1 atom stereocenters. The van der Waals surface area contributed by atoms with E-state index in [1.807, 2.05) is 18.2 Å². The van der Waals surface area contributed by atoms with E-state index in [9.17, 15) is 0 Å². The highest BCUT2D eigenvalue weighted by Crippen LogP contribution is 2.24. The van der Waals surface area contributed by atoms with Gasteiger partial charge >= 0.3 is 0 Å². The standard InChI is InChI=1S/C11H15ClN2O/c1-15-11-4-2-3-10(13-11)14-6-5-9(7-12)8-14/h2-4,9H,5-8H2,1H3. The Kier molecular flexibility index (Phi) is 3.31. The van der Waals surface area contributed by atoms with Crippen LogP contribution in [0.4, 0.5) is 5.82 Å². The zero-order valence-corrected chi connectivity index (χ0v) is 9.57. The van der Waals surface area contributed by atoms with E-state index in [0.29, 0.717) is 11.8 Å². The first-order valence-electron chi connectivity index (χ1n) is 5.15. The molecule has 0 spiro atoms. The van der Waals surface area contributed by atoms with Crippen LogP contribution >= 0.6 is 11.6 Å². The van der Waals surface area contributed by atoms with Gasteiger partial charge in [0.05, 0.1) is 7.11 Å². The van der Waals surface area contributed by atoms with Gasteiger partial charge in [-0.1, -0.05) is 6.07 Å². The zero-order valence-electron chi connectivity index (χ0n) is 8.82. The number of hydrogen-bond donors (Lipinski definition) is 0. The maximum Gasteiger partial charge on any atom is 0.214 e. The number of pyridine rings is 1. The van der Waals surface area contributed by atoms with Gasteiger partial charge in [0, 0.05) is 25.0 Å². The summed E-state index contributed by atoms with van der Waals surface area (Å²) in [6.45, 7) is 2.04. The minimum atomic E-state index is 0.597. The summed E-state index contributed by atoms with van der Waals surface area (Å²) < 4.78 is 5.10. The monoisotopic (exact) mass is 226 g/mol. The molecule has 3 nitrogen and oxygen atoms in total. The van der Waals surface area contributed by atoms with Crippen molar-refractivity contribution in [3.8, 4) is 5.88 Å². The lowest BCUT2D eigenvalue weighted by atomic mass is 10.2. The molecule has 0 aromatic carbocycles. The fourth-order valence-electron chi connectivity index (χ4n) is 1.86. The Morgan fingerprint density at radius 3 is 3.13 bits per heavy atom. The molecule has 1 aliphatic heterocycles. The normalized spacial score (nSPS) is 20.7. The van der Waals surface area contributed by atoms with Crippen LogP contribution in [0.15, 0.2) is 18.2 Å². The van der Waals surface area contributed by atoms with Gasteiger partial charge < -0.3 is 9.64 Å². The second-order valence-corrected chi connectivity index (χ2v) is 4.10. The average Bonchev–Trinajstić information content (AvgIpc) is 2.78. The molecule has 2 heterocycles. The van der Waals surface area contributed by atoms with E-state index in [1.165, 1.54) is 0 Å². The van der Waals surface area contributed by atoms with Crippen molar-refractivity contribution < 1.29 is 4.74 Å². The molecular weight excluding hydrogens is 212 g/mol. The van der Waals surface area contributed by atoms with Crippen molar-refractivity contribution in [2.45, 2.75) is 6.42 Å². The minimum Gasteiger partial charge on any atom is -0.481 e. The summed E-state index contributed by atoms with van der Waals surface area (Å²) in [7, 11) is 1.64. The molecular formula is C11H15ClN2O. The van der Waals surface area contributed by atoms with Crippen molar-refractivity contribution in [2.75, 3.05) is 31.0 Å². The molecule has 1 unspecified atom stereocenters. The molecule has 1 aromatic heterocycles. The van der Waals surface area contributed by atoms with E-state index in [-0.39, 0.29) is 0 Å². The van der Waals surface area contributed by atoms with Gasteiger partial charge in [0.25, 0.3) is 0 Å². The van der Waals surface area contributed by atoms with Crippen LogP contribution in [-0.4, -0.2) is 31.1 Å². The number of hydrogen-bond acceptors (Lipinski definition) is 3. The van der Waals surface area contributed by atoms with Crippen molar-refractivity contribution in [1.29, 1.82) is 0 Å². The van der Waals surface area contributed by atoms with E-state index in [2.05, 4.69) is 9.88 Å². The Hall–Kier alpha value is -0.960. The molecule has 1 aliphatic rings. The van der Waals surface area contributed by atoms with Crippen LogP contribution in [-0.2, 0) is 0 Å². The second kappa shape index (κ2) is 4.71. The summed E-state index contributed by atoms with van der Waals surface area (Å²) >= 11 is 5.85. The summed E-state index contributed by atoms with van der Waals surface area (Å²) in [5.74, 6) is 2.99. The number of rotatable bonds is 3. The summed E-state index contributed by atoms with van der Waals surface area (Å²) in [5, 5.41) is 0. The molecule has 4 heteroatoms. The van der Waals surface area contributed by atoms with Crippen molar-refractivity contribution in [1.82, 2.24) is 4.98 Å². The highest BCUT2D eigenvalue weighted by atomic mass is 35.5. The highest BCUT2D eigenvalue weighted by Gasteiger charge is 2.22. The lowest BCUT2D eigenvalue weighted by Gasteiger charge is -2.17. The van der Waals surface area contributed by atoms with E-state index >= 15 is 0 Å². The van der Waals surface area contributed by atoms with Gasteiger partial charge in [-0.3, -0.25) is 0 Å². The van der Waals surface area contributed by atoms with Gasteiger partial charge in [0.15, 0.2) is 0 Å². The maximum absolute atomic E-state index is 5.85. The van der Waals surface area contributed by atoms with Crippen LogP contribution in [0.25, 0.3) is 0 Å². The zero-order chi connectivity index (χ0) is 10.7. The molecule has 1 aromatic rings. The van der Waals surface area contributed by atoms with Crippen LogP contribution < -0.4 is 9.64 Å².